The first kappa shape index (κ1) is 19.4. The summed E-state index contributed by atoms with van der Waals surface area (Å²) in [7, 11) is 0. The van der Waals surface area contributed by atoms with Crippen molar-refractivity contribution in [1.82, 2.24) is 15.4 Å². The Bertz CT molecular complexity index is 816. The number of benzene rings is 1. The fourth-order valence-electron chi connectivity index (χ4n) is 3.38. The van der Waals surface area contributed by atoms with Gasteiger partial charge in [0.05, 0.1) is 11.6 Å². The summed E-state index contributed by atoms with van der Waals surface area (Å²) >= 11 is 5.88. The van der Waals surface area contributed by atoms with Crippen molar-refractivity contribution in [2.45, 2.75) is 33.1 Å². The molecule has 2 aromatic rings. The second kappa shape index (κ2) is 8.57. The van der Waals surface area contributed by atoms with Crippen LogP contribution in [0, 0.1) is 12.8 Å². The van der Waals surface area contributed by atoms with Crippen LogP contribution in [-0.2, 0) is 17.6 Å². The van der Waals surface area contributed by atoms with Crippen LogP contribution in [0.5, 0.6) is 0 Å². The van der Waals surface area contributed by atoms with Gasteiger partial charge in [0.1, 0.15) is 11.3 Å². The summed E-state index contributed by atoms with van der Waals surface area (Å²) in [6.45, 7) is 5.25. The van der Waals surface area contributed by atoms with Crippen molar-refractivity contribution in [3.63, 3.8) is 0 Å². The topological polar surface area (TPSA) is 75.4 Å². The molecule has 6 nitrogen and oxygen atoms in total. The van der Waals surface area contributed by atoms with Crippen molar-refractivity contribution in [1.29, 1.82) is 0 Å². The highest BCUT2D eigenvalue weighted by atomic mass is 35.5. The standard InChI is InChI=1S/C20H24ClN3O3/c1-3-17-18(13(2)27-23-17)20(26)24-11-9-15(12-24)19(25)22-10-8-14-4-6-16(21)7-5-14/h4-7,15H,3,8-12H2,1-2H3,(H,22,25)/t15-/m1/s1. The van der Waals surface area contributed by atoms with E-state index in [1.807, 2.05) is 31.2 Å². The smallest absolute Gasteiger partial charge is 0.259 e. The van der Waals surface area contributed by atoms with E-state index in [4.69, 9.17) is 16.1 Å². The Morgan fingerprint density at radius 3 is 2.78 bits per heavy atom. The van der Waals surface area contributed by atoms with Crippen LogP contribution in [0.15, 0.2) is 28.8 Å². The number of nitrogens with one attached hydrogen (secondary N) is 1. The predicted octanol–water partition coefficient (Wildman–Crippen LogP) is 3.02. The molecule has 0 saturated carbocycles. The van der Waals surface area contributed by atoms with Gasteiger partial charge in [0, 0.05) is 24.7 Å². The first-order valence-electron chi connectivity index (χ1n) is 9.26. The van der Waals surface area contributed by atoms with Gasteiger partial charge in [-0.2, -0.15) is 0 Å². The van der Waals surface area contributed by atoms with E-state index in [2.05, 4.69) is 10.5 Å². The minimum Gasteiger partial charge on any atom is -0.361 e. The fraction of sp³-hybridized carbons (Fsp3) is 0.450. The second-order valence-corrected chi connectivity index (χ2v) is 7.25. The number of nitrogens with zero attached hydrogens (tertiary/aromatic N) is 2. The van der Waals surface area contributed by atoms with Crippen molar-refractivity contribution < 1.29 is 14.1 Å². The molecule has 0 radical (unpaired) electrons. The zero-order chi connectivity index (χ0) is 19.4. The van der Waals surface area contributed by atoms with Gasteiger partial charge in [-0.3, -0.25) is 9.59 Å². The van der Waals surface area contributed by atoms with Gasteiger partial charge in [0.25, 0.3) is 5.91 Å². The van der Waals surface area contributed by atoms with E-state index in [0.29, 0.717) is 54.5 Å². The Kier molecular flexibility index (Phi) is 6.16. The maximum Gasteiger partial charge on any atom is 0.259 e. The monoisotopic (exact) mass is 389 g/mol. The minimum atomic E-state index is -0.176. The number of rotatable bonds is 6. The summed E-state index contributed by atoms with van der Waals surface area (Å²) in [5.41, 5.74) is 2.34. The van der Waals surface area contributed by atoms with E-state index in [0.717, 1.165) is 12.0 Å². The lowest BCUT2D eigenvalue weighted by molar-refractivity contribution is -0.124. The molecular weight excluding hydrogens is 366 g/mol. The largest absolute Gasteiger partial charge is 0.361 e. The molecule has 1 fully saturated rings. The summed E-state index contributed by atoms with van der Waals surface area (Å²) in [6, 6.07) is 7.60. The molecule has 144 valence electrons. The zero-order valence-corrected chi connectivity index (χ0v) is 16.4. The highest BCUT2D eigenvalue weighted by Crippen LogP contribution is 2.22. The van der Waals surface area contributed by atoms with E-state index >= 15 is 0 Å². The van der Waals surface area contributed by atoms with Gasteiger partial charge in [0.2, 0.25) is 5.91 Å². The Balaban J connectivity index is 1.51. The molecule has 0 bridgehead atoms. The molecule has 1 aliphatic rings. The van der Waals surface area contributed by atoms with Crippen LogP contribution in [0.25, 0.3) is 0 Å². The molecule has 0 unspecified atom stereocenters. The van der Waals surface area contributed by atoms with Gasteiger partial charge in [-0.15, -0.1) is 0 Å². The molecule has 1 aliphatic heterocycles. The van der Waals surface area contributed by atoms with Gasteiger partial charge in [0.15, 0.2) is 0 Å². The predicted molar refractivity (Wildman–Crippen MR) is 103 cm³/mol. The minimum absolute atomic E-state index is 0.00276. The molecule has 1 aromatic heterocycles. The maximum absolute atomic E-state index is 12.8. The third-order valence-electron chi connectivity index (χ3n) is 4.95. The lowest BCUT2D eigenvalue weighted by Gasteiger charge is -2.16. The number of aryl methyl sites for hydroxylation is 2. The molecule has 0 spiro atoms. The zero-order valence-electron chi connectivity index (χ0n) is 15.6. The van der Waals surface area contributed by atoms with Crippen LogP contribution in [0.1, 0.15) is 40.7 Å². The van der Waals surface area contributed by atoms with Gasteiger partial charge in [-0.25, -0.2) is 0 Å². The normalized spacial score (nSPS) is 16.6. The van der Waals surface area contributed by atoms with Crippen molar-refractivity contribution in [2.24, 2.45) is 5.92 Å². The van der Waals surface area contributed by atoms with Crippen LogP contribution >= 0.6 is 11.6 Å². The molecule has 1 aromatic carbocycles. The molecule has 2 amide bonds. The second-order valence-electron chi connectivity index (χ2n) is 6.82. The van der Waals surface area contributed by atoms with Crippen molar-refractivity contribution >= 4 is 23.4 Å². The summed E-state index contributed by atoms with van der Waals surface area (Å²) in [5.74, 6) is 0.260. The van der Waals surface area contributed by atoms with E-state index in [-0.39, 0.29) is 17.7 Å². The third kappa shape index (κ3) is 4.50. The summed E-state index contributed by atoms with van der Waals surface area (Å²) < 4.78 is 5.16. The quantitative estimate of drug-likeness (QED) is 0.823. The van der Waals surface area contributed by atoms with E-state index < -0.39 is 0 Å². The summed E-state index contributed by atoms with van der Waals surface area (Å²) in [5, 5.41) is 7.62. The SMILES string of the molecule is CCc1noc(C)c1C(=O)N1CC[C@@H](C(=O)NCCc2ccc(Cl)cc2)C1. The number of likely N-dealkylation sites (tertiary alicyclic amines) is 1. The van der Waals surface area contributed by atoms with E-state index in [1.54, 1.807) is 11.8 Å². The molecule has 27 heavy (non-hydrogen) atoms. The average Bonchev–Trinajstić information content (AvgIpc) is 3.29. The highest BCUT2D eigenvalue weighted by Gasteiger charge is 2.33. The van der Waals surface area contributed by atoms with Crippen molar-refractivity contribution in [2.75, 3.05) is 19.6 Å². The molecule has 1 atom stereocenters. The highest BCUT2D eigenvalue weighted by molar-refractivity contribution is 6.30. The van der Waals surface area contributed by atoms with Crippen LogP contribution in [-0.4, -0.2) is 41.5 Å². The molecule has 0 aliphatic carbocycles. The van der Waals surface area contributed by atoms with Gasteiger partial charge >= 0.3 is 0 Å². The third-order valence-corrected chi connectivity index (χ3v) is 5.21. The summed E-state index contributed by atoms with van der Waals surface area (Å²) in [4.78, 5) is 26.9. The first-order valence-corrected chi connectivity index (χ1v) is 9.64. The molecule has 3 rings (SSSR count). The van der Waals surface area contributed by atoms with E-state index in [9.17, 15) is 9.59 Å². The Morgan fingerprint density at radius 2 is 2.07 bits per heavy atom. The van der Waals surface area contributed by atoms with Crippen LogP contribution < -0.4 is 5.32 Å². The first-order chi connectivity index (χ1) is 13.0. The van der Waals surface area contributed by atoms with Crippen LogP contribution in [0.4, 0.5) is 0 Å². The molecule has 7 heteroatoms. The van der Waals surface area contributed by atoms with Crippen molar-refractivity contribution in [3.05, 3.63) is 51.9 Å². The number of aromatic nitrogens is 1. The molecular formula is C20H24ClN3O3. The Hall–Kier alpha value is -2.34. The Labute approximate surface area is 163 Å². The number of amides is 2. The average molecular weight is 390 g/mol. The van der Waals surface area contributed by atoms with Crippen LogP contribution in [0.3, 0.4) is 0 Å². The summed E-state index contributed by atoms with van der Waals surface area (Å²) in [6.07, 6.45) is 2.06. The number of hydrogen-bond acceptors (Lipinski definition) is 4. The molecule has 1 saturated heterocycles. The number of hydrogen-bond donors (Lipinski definition) is 1. The number of carbonyl (C=O) groups is 2. The Morgan fingerprint density at radius 1 is 1.33 bits per heavy atom. The maximum atomic E-state index is 12.8. The van der Waals surface area contributed by atoms with Crippen molar-refractivity contribution in [3.8, 4) is 0 Å². The van der Waals surface area contributed by atoms with Gasteiger partial charge in [-0.05, 0) is 43.9 Å². The number of halogens is 1. The van der Waals surface area contributed by atoms with Gasteiger partial charge in [-0.1, -0.05) is 35.8 Å². The van der Waals surface area contributed by atoms with Crippen LogP contribution in [0.2, 0.25) is 5.02 Å². The number of carbonyl (C=O) groups excluding carboxylic acids is 2. The molecule has 2 heterocycles. The fourth-order valence-corrected chi connectivity index (χ4v) is 3.50. The lowest BCUT2D eigenvalue weighted by atomic mass is 10.1. The molecule has 1 N–H and O–H groups in total. The van der Waals surface area contributed by atoms with E-state index in [1.165, 1.54) is 0 Å². The van der Waals surface area contributed by atoms with Gasteiger partial charge < -0.3 is 14.7 Å². The lowest BCUT2D eigenvalue weighted by Crippen LogP contribution is -2.35.